The monoisotopic (exact) mass is 726 g/mol. The Hall–Kier alpha value is -7.69. The second-order valence-electron chi connectivity index (χ2n) is 14.5. The van der Waals surface area contributed by atoms with Crippen molar-refractivity contribution in [3.05, 3.63) is 207 Å². The molecule has 7 aromatic carbocycles. The van der Waals surface area contributed by atoms with Gasteiger partial charge < -0.3 is 4.57 Å². The SMILES string of the molecule is c1ccc(-c2cc(-c3cc(-c4ccccn4)nc(-c4cc5ccccc5c5ccccc45)c3)cc(-c3ccc4c(c3)c3ncccc3n4-c3ccccc3)c2)cc1. The summed E-state index contributed by atoms with van der Waals surface area (Å²) >= 11 is 0. The Kier molecular flexibility index (Phi) is 7.78. The summed E-state index contributed by atoms with van der Waals surface area (Å²) in [6.07, 6.45) is 3.72. The smallest absolute Gasteiger partial charge is 0.0963 e. The molecule has 4 heterocycles. The first-order chi connectivity index (χ1) is 28.2. The Morgan fingerprint density at radius 3 is 1.79 bits per heavy atom. The minimum atomic E-state index is 0.827. The van der Waals surface area contributed by atoms with E-state index < -0.39 is 0 Å². The van der Waals surface area contributed by atoms with Crippen LogP contribution in [0.5, 0.6) is 0 Å². The Labute approximate surface area is 330 Å². The zero-order valence-corrected chi connectivity index (χ0v) is 30.9. The van der Waals surface area contributed by atoms with Crippen LogP contribution in [0.4, 0.5) is 0 Å². The third kappa shape index (κ3) is 5.74. The summed E-state index contributed by atoms with van der Waals surface area (Å²) in [6, 6.07) is 69.0. The molecule has 0 aliphatic carbocycles. The van der Waals surface area contributed by atoms with Crippen LogP contribution in [0.1, 0.15) is 0 Å². The van der Waals surface area contributed by atoms with Gasteiger partial charge in [0.25, 0.3) is 0 Å². The average Bonchev–Trinajstić information content (AvgIpc) is 3.63. The van der Waals surface area contributed by atoms with E-state index in [4.69, 9.17) is 15.0 Å². The van der Waals surface area contributed by atoms with E-state index in [0.29, 0.717) is 0 Å². The number of rotatable bonds is 6. The van der Waals surface area contributed by atoms with Crippen molar-refractivity contribution in [3.8, 4) is 61.7 Å². The van der Waals surface area contributed by atoms with Crippen molar-refractivity contribution >= 4 is 43.5 Å². The zero-order chi connectivity index (χ0) is 37.7. The largest absolute Gasteiger partial charge is 0.308 e. The number of pyridine rings is 3. The first-order valence-electron chi connectivity index (χ1n) is 19.3. The number of fused-ring (bicyclic) bond motifs is 6. The molecule has 0 radical (unpaired) electrons. The molecule has 0 saturated carbocycles. The maximum atomic E-state index is 5.34. The molecule has 4 nitrogen and oxygen atoms in total. The summed E-state index contributed by atoms with van der Waals surface area (Å²) in [5.74, 6) is 0. The third-order valence-corrected chi connectivity index (χ3v) is 11.0. The fourth-order valence-electron chi connectivity index (χ4n) is 8.38. The number of hydrogen-bond acceptors (Lipinski definition) is 3. The second kappa shape index (κ2) is 13.6. The molecule has 0 aliphatic rings. The van der Waals surface area contributed by atoms with Gasteiger partial charge in [0.05, 0.1) is 33.6 Å². The molecule has 0 saturated heterocycles. The number of para-hydroxylation sites is 1. The van der Waals surface area contributed by atoms with E-state index in [-0.39, 0.29) is 0 Å². The van der Waals surface area contributed by atoms with Crippen LogP contribution in [0.2, 0.25) is 0 Å². The molecule has 0 unspecified atom stereocenters. The van der Waals surface area contributed by atoms with Gasteiger partial charge in [-0.1, -0.05) is 109 Å². The highest BCUT2D eigenvalue weighted by molar-refractivity contribution is 6.14. The van der Waals surface area contributed by atoms with Crippen molar-refractivity contribution in [3.63, 3.8) is 0 Å². The standard InChI is InChI=1S/C53H34N4/c1-3-14-35(15-4-1)38-28-39(36-24-25-51-47(31-36)53-52(23-13-27-55-53)57(51)42-17-5-2-6-18-42)30-40(29-38)41-33-49(56-50(34-41)48-22-11-12-26-54-48)46-32-37-16-7-8-19-43(37)44-20-9-10-21-45(44)46/h1-34H. The molecule has 0 N–H and O–H groups in total. The Morgan fingerprint density at radius 1 is 0.333 bits per heavy atom. The van der Waals surface area contributed by atoms with Crippen molar-refractivity contribution in [2.24, 2.45) is 0 Å². The lowest BCUT2D eigenvalue weighted by atomic mass is 9.91. The molecule has 57 heavy (non-hydrogen) atoms. The normalized spacial score (nSPS) is 11.5. The van der Waals surface area contributed by atoms with Gasteiger partial charge in [-0.2, -0.15) is 0 Å². The van der Waals surface area contributed by atoms with Gasteiger partial charge in [-0.05, 0) is 140 Å². The van der Waals surface area contributed by atoms with Crippen LogP contribution < -0.4 is 0 Å². The molecule has 0 aliphatic heterocycles. The van der Waals surface area contributed by atoms with Crippen LogP contribution in [0.3, 0.4) is 0 Å². The van der Waals surface area contributed by atoms with Crippen molar-refractivity contribution in [2.45, 2.75) is 0 Å². The molecular formula is C53H34N4. The van der Waals surface area contributed by atoms with Gasteiger partial charge in [-0.25, -0.2) is 4.98 Å². The highest BCUT2D eigenvalue weighted by Gasteiger charge is 2.18. The van der Waals surface area contributed by atoms with E-state index >= 15 is 0 Å². The molecule has 0 fully saturated rings. The second-order valence-corrected chi connectivity index (χ2v) is 14.5. The molecule has 0 atom stereocenters. The fraction of sp³-hybridized carbons (Fsp3) is 0. The molecule has 11 rings (SSSR count). The van der Waals surface area contributed by atoms with E-state index in [1.165, 1.54) is 21.5 Å². The number of hydrogen-bond donors (Lipinski definition) is 0. The van der Waals surface area contributed by atoms with Crippen molar-refractivity contribution in [1.29, 1.82) is 0 Å². The molecule has 0 spiro atoms. The van der Waals surface area contributed by atoms with Crippen molar-refractivity contribution in [1.82, 2.24) is 19.5 Å². The topological polar surface area (TPSA) is 43.6 Å². The van der Waals surface area contributed by atoms with Crippen LogP contribution in [0.15, 0.2) is 207 Å². The van der Waals surface area contributed by atoms with E-state index in [0.717, 1.165) is 83.6 Å². The summed E-state index contributed by atoms with van der Waals surface area (Å²) in [7, 11) is 0. The Morgan fingerprint density at radius 2 is 0.982 bits per heavy atom. The highest BCUT2D eigenvalue weighted by Crippen LogP contribution is 2.40. The van der Waals surface area contributed by atoms with Crippen LogP contribution in [-0.2, 0) is 0 Å². The van der Waals surface area contributed by atoms with Crippen LogP contribution in [0.25, 0.3) is 105 Å². The van der Waals surface area contributed by atoms with Crippen LogP contribution in [0, 0.1) is 0 Å². The van der Waals surface area contributed by atoms with Gasteiger partial charge >= 0.3 is 0 Å². The van der Waals surface area contributed by atoms with Crippen LogP contribution in [-0.4, -0.2) is 19.5 Å². The molecule has 4 heteroatoms. The lowest BCUT2D eigenvalue weighted by Gasteiger charge is -2.15. The number of nitrogens with zero attached hydrogens (tertiary/aromatic N) is 4. The van der Waals surface area contributed by atoms with Gasteiger partial charge in [-0.3, -0.25) is 9.97 Å². The van der Waals surface area contributed by atoms with Gasteiger partial charge in [-0.15, -0.1) is 0 Å². The zero-order valence-electron chi connectivity index (χ0n) is 30.9. The fourth-order valence-corrected chi connectivity index (χ4v) is 8.38. The van der Waals surface area contributed by atoms with Gasteiger partial charge in [0, 0.05) is 29.0 Å². The minimum Gasteiger partial charge on any atom is -0.308 e. The van der Waals surface area contributed by atoms with Crippen LogP contribution >= 0.6 is 0 Å². The summed E-state index contributed by atoms with van der Waals surface area (Å²) in [5.41, 5.74) is 14.7. The molecular weight excluding hydrogens is 693 g/mol. The lowest BCUT2D eigenvalue weighted by Crippen LogP contribution is -1.95. The molecule has 11 aromatic rings. The minimum absolute atomic E-state index is 0.827. The quantitative estimate of drug-likeness (QED) is 0.160. The Bertz CT molecular complexity index is 3280. The summed E-state index contributed by atoms with van der Waals surface area (Å²) in [5, 5.41) is 5.92. The van der Waals surface area contributed by atoms with E-state index in [9.17, 15) is 0 Å². The first kappa shape index (κ1) is 32.7. The molecule has 0 bridgehead atoms. The molecule has 0 amide bonds. The van der Waals surface area contributed by atoms with Gasteiger partial charge in [0.1, 0.15) is 0 Å². The average molecular weight is 727 g/mol. The third-order valence-electron chi connectivity index (χ3n) is 11.0. The van der Waals surface area contributed by atoms with Gasteiger partial charge in [0.2, 0.25) is 0 Å². The van der Waals surface area contributed by atoms with E-state index in [1.807, 2.05) is 36.7 Å². The predicted molar refractivity (Wildman–Crippen MR) is 236 cm³/mol. The summed E-state index contributed by atoms with van der Waals surface area (Å²) < 4.78 is 2.31. The lowest BCUT2D eigenvalue weighted by molar-refractivity contribution is 1.18. The van der Waals surface area contributed by atoms with Gasteiger partial charge in [0.15, 0.2) is 0 Å². The van der Waals surface area contributed by atoms with Crippen molar-refractivity contribution in [2.75, 3.05) is 0 Å². The maximum Gasteiger partial charge on any atom is 0.0963 e. The van der Waals surface area contributed by atoms with Crippen molar-refractivity contribution < 1.29 is 0 Å². The first-order valence-corrected chi connectivity index (χ1v) is 19.3. The number of benzene rings is 7. The predicted octanol–water partition coefficient (Wildman–Crippen LogP) is 13.6. The summed E-state index contributed by atoms with van der Waals surface area (Å²) in [4.78, 5) is 15.0. The highest BCUT2D eigenvalue weighted by atomic mass is 15.0. The summed E-state index contributed by atoms with van der Waals surface area (Å²) in [6.45, 7) is 0. The molecule has 266 valence electrons. The molecule has 4 aromatic heterocycles. The Balaban J connectivity index is 1.15. The maximum absolute atomic E-state index is 5.34. The number of aromatic nitrogens is 4. The van der Waals surface area contributed by atoms with E-state index in [1.54, 1.807) is 0 Å². The van der Waals surface area contributed by atoms with E-state index in [2.05, 4.69) is 174 Å².